The smallest absolute Gasteiger partial charge is 0.268 e. The van der Waals surface area contributed by atoms with Crippen molar-refractivity contribution in [2.45, 2.75) is 0 Å². The quantitative estimate of drug-likeness (QED) is 0.743. The lowest BCUT2D eigenvalue weighted by Crippen LogP contribution is -1.86. The first-order valence-electron chi connectivity index (χ1n) is 3.50. The highest BCUT2D eigenvalue weighted by Gasteiger charge is 2.08. The van der Waals surface area contributed by atoms with Gasteiger partial charge in [-0.05, 0) is 17.7 Å². The van der Waals surface area contributed by atoms with Gasteiger partial charge in [0.15, 0.2) is 0 Å². The Morgan fingerprint density at radius 3 is 2.85 bits per heavy atom. The summed E-state index contributed by atoms with van der Waals surface area (Å²) in [6.45, 7) is 0. The summed E-state index contributed by atoms with van der Waals surface area (Å²) >= 11 is 11.1. The molecule has 0 saturated heterocycles. The van der Waals surface area contributed by atoms with Crippen molar-refractivity contribution in [3.63, 3.8) is 0 Å². The molecule has 0 fully saturated rings. The fraction of sp³-hybridized carbons (Fsp3) is 0. The van der Waals surface area contributed by atoms with Crippen molar-refractivity contribution < 1.29 is 4.79 Å². The third kappa shape index (κ3) is 1.41. The second-order valence-electron chi connectivity index (χ2n) is 2.54. The molecule has 0 saturated carbocycles. The molecule has 0 amide bonds. The van der Waals surface area contributed by atoms with Crippen molar-refractivity contribution in [1.29, 1.82) is 0 Å². The molecule has 0 bridgehead atoms. The number of nitrogens with one attached hydrogen (secondary N) is 1. The molecule has 0 atom stereocenters. The Bertz CT molecular complexity index is 478. The summed E-state index contributed by atoms with van der Waals surface area (Å²) in [4.78, 5) is 17.5. The van der Waals surface area contributed by atoms with E-state index in [0.717, 1.165) is 5.39 Å². The summed E-state index contributed by atoms with van der Waals surface area (Å²) in [6, 6.07) is 1.61. The molecule has 0 aliphatic carbocycles. The number of rotatable bonds is 1. The van der Waals surface area contributed by atoms with Crippen LogP contribution >= 0.6 is 23.2 Å². The van der Waals surface area contributed by atoms with E-state index in [9.17, 15) is 4.79 Å². The fourth-order valence-electron chi connectivity index (χ4n) is 1.12. The number of fused-ring (bicyclic) bond motifs is 1. The Labute approximate surface area is 83.7 Å². The summed E-state index contributed by atoms with van der Waals surface area (Å²) in [5.74, 6) is 0. The van der Waals surface area contributed by atoms with Crippen molar-refractivity contribution in [1.82, 2.24) is 9.97 Å². The Morgan fingerprint density at radius 2 is 2.23 bits per heavy atom. The van der Waals surface area contributed by atoms with Crippen molar-refractivity contribution in [2.24, 2.45) is 0 Å². The second kappa shape index (κ2) is 3.01. The van der Waals surface area contributed by atoms with Gasteiger partial charge in [0, 0.05) is 11.6 Å². The van der Waals surface area contributed by atoms with E-state index in [1.54, 1.807) is 12.3 Å². The van der Waals surface area contributed by atoms with E-state index in [0.29, 0.717) is 16.2 Å². The third-order valence-electron chi connectivity index (χ3n) is 1.71. The van der Waals surface area contributed by atoms with Gasteiger partial charge in [-0.25, -0.2) is 0 Å². The molecular formula is C8H4Cl2N2O. The number of hydrogen-bond donors (Lipinski definition) is 1. The fourth-order valence-corrected chi connectivity index (χ4v) is 1.44. The SMILES string of the molecule is O=C(Cl)c1cc2c(Cl)cncc2[nH]1. The number of aromatic nitrogens is 2. The molecule has 5 heteroatoms. The number of nitrogens with zero attached hydrogens (tertiary/aromatic N) is 1. The predicted octanol–water partition coefficient (Wildman–Crippen LogP) is 2.60. The molecule has 66 valence electrons. The first kappa shape index (κ1) is 8.53. The number of aromatic amines is 1. The lowest BCUT2D eigenvalue weighted by atomic mass is 10.3. The first-order valence-corrected chi connectivity index (χ1v) is 4.26. The zero-order valence-electron chi connectivity index (χ0n) is 6.34. The molecule has 13 heavy (non-hydrogen) atoms. The van der Waals surface area contributed by atoms with Gasteiger partial charge in [0.25, 0.3) is 5.24 Å². The van der Waals surface area contributed by atoms with Crippen molar-refractivity contribution in [3.8, 4) is 0 Å². The van der Waals surface area contributed by atoms with E-state index in [4.69, 9.17) is 23.2 Å². The number of carbonyl (C=O) groups is 1. The van der Waals surface area contributed by atoms with Gasteiger partial charge < -0.3 is 4.98 Å². The van der Waals surface area contributed by atoms with Crippen LogP contribution in [0.15, 0.2) is 18.5 Å². The molecule has 0 aliphatic rings. The Kier molecular flexibility index (Phi) is 1.98. The van der Waals surface area contributed by atoms with Crippen LogP contribution in [0, 0.1) is 0 Å². The van der Waals surface area contributed by atoms with Crippen LogP contribution in [0.2, 0.25) is 5.02 Å². The largest absolute Gasteiger partial charge is 0.350 e. The summed E-state index contributed by atoms with van der Waals surface area (Å²) in [5, 5.41) is 0.714. The zero-order chi connectivity index (χ0) is 9.42. The molecule has 3 nitrogen and oxygen atoms in total. The number of halogens is 2. The van der Waals surface area contributed by atoms with Gasteiger partial charge in [-0.15, -0.1) is 0 Å². The van der Waals surface area contributed by atoms with E-state index in [-0.39, 0.29) is 0 Å². The van der Waals surface area contributed by atoms with E-state index < -0.39 is 5.24 Å². The van der Waals surface area contributed by atoms with E-state index in [2.05, 4.69) is 9.97 Å². The predicted molar refractivity (Wildman–Crippen MR) is 51.3 cm³/mol. The van der Waals surface area contributed by atoms with Gasteiger partial charge in [-0.2, -0.15) is 0 Å². The molecular weight excluding hydrogens is 211 g/mol. The van der Waals surface area contributed by atoms with Gasteiger partial charge in [-0.3, -0.25) is 9.78 Å². The van der Waals surface area contributed by atoms with Gasteiger partial charge in [0.1, 0.15) is 0 Å². The monoisotopic (exact) mass is 214 g/mol. The number of H-pyrrole nitrogens is 1. The van der Waals surface area contributed by atoms with Crippen LogP contribution < -0.4 is 0 Å². The lowest BCUT2D eigenvalue weighted by Gasteiger charge is -1.89. The molecule has 2 heterocycles. The molecule has 2 aromatic heterocycles. The molecule has 1 N–H and O–H groups in total. The maximum Gasteiger partial charge on any atom is 0.268 e. The normalized spacial score (nSPS) is 10.6. The van der Waals surface area contributed by atoms with Crippen LogP contribution in [0.5, 0.6) is 0 Å². The minimum Gasteiger partial charge on any atom is -0.350 e. The topological polar surface area (TPSA) is 45.8 Å². The van der Waals surface area contributed by atoms with Crippen LogP contribution in [0.25, 0.3) is 10.9 Å². The van der Waals surface area contributed by atoms with Gasteiger partial charge in [-0.1, -0.05) is 11.6 Å². The zero-order valence-corrected chi connectivity index (χ0v) is 7.86. The molecule has 0 unspecified atom stereocenters. The third-order valence-corrected chi connectivity index (χ3v) is 2.21. The number of pyridine rings is 1. The summed E-state index contributed by atoms with van der Waals surface area (Å²) in [5.41, 5.74) is 1.03. The molecule has 0 radical (unpaired) electrons. The Balaban J connectivity index is 2.75. The van der Waals surface area contributed by atoms with Crippen molar-refractivity contribution in [2.75, 3.05) is 0 Å². The lowest BCUT2D eigenvalue weighted by molar-refractivity contribution is 0.107. The first-order chi connectivity index (χ1) is 6.18. The summed E-state index contributed by atoms with van der Waals surface area (Å²) in [6.07, 6.45) is 3.10. The van der Waals surface area contributed by atoms with E-state index >= 15 is 0 Å². The maximum atomic E-state index is 10.8. The molecule has 0 aromatic carbocycles. The second-order valence-corrected chi connectivity index (χ2v) is 3.29. The van der Waals surface area contributed by atoms with E-state index in [1.165, 1.54) is 6.20 Å². The highest BCUT2D eigenvalue weighted by molar-refractivity contribution is 6.67. The standard InChI is InChI=1S/C8H4Cl2N2O/c9-5-2-11-3-7-4(5)1-6(12-7)8(10)13/h1-3,12H. The van der Waals surface area contributed by atoms with Gasteiger partial charge in [0.05, 0.1) is 22.4 Å². The van der Waals surface area contributed by atoms with Gasteiger partial charge in [0.2, 0.25) is 0 Å². The van der Waals surface area contributed by atoms with Gasteiger partial charge >= 0.3 is 0 Å². The van der Waals surface area contributed by atoms with Crippen LogP contribution in [0.1, 0.15) is 10.5 Å². The Morgan fingerprint density at radius 1 is 1.46 bits per heavy atom. The Hall–Kier alpha value is -1.06. The van der Waals surface area contributed by atoms with Crippen LogP contribution in [0.3, 0.4) is 0 Å². The minimum atomic E-state index is -0.535. The van der Waals surface area contributed by atoms with Crippen molar-refractivity contribution >= 4 is 39.3 Å². The number of carbonyl (C=O) groups excluding carboxylic acids is 1. The summed E-state index contributed by atoms with van der Waals surface area (Å²) < 4.78 is 0. The van der Waals surface area contributed by atoms with Crippen LogP contribution in [0.4, 0.5) is 0 Å². The summed E-state index contributed by atoms with van der Waals surface area (Å²) in [7, 11) is 0. The molecule has 2 aromatic rings. The van der Waals surface area contributed by atoms with Crippen molar-refractivity contribution in [3.05, 3.63) is 29.2 Å². The molecule has 2 rings (SSSR count). The average molecular weight is 215 g/mol. The van der Waals surface area contributed by atoms with Crippen LogP contribution in [-0.4, -0.2) is 15.2 Å². The highest BCUT2D eigenvalue weighted by Crippen LogP contribution is 2.23. The molecule has 0 spiro atoms. The number of hydrogen-bond acceptors (Lipinski definition) is 2. The van der Waals surface area contributed by atoms with Crippen LogP contribution in [-0.2, 0) is 0 Å². The maximum absolute atomic E-state index is 10.8. The molecule has 0 aliphatic heterocycles. The average Bonchev–Trinajstić information content (AvgIpc) is 2.49. The highest BCUT2D eigenvalue weighted by atomic mass is 35.5. The van der Waals surface area contributed by atoms with E-state index in [1.807, 2.05) is 0 Å². The minimum absolute atomic E-state index is 0.326.